The minimum absolute atomic E-state index is 0. The maximum absolute atomic E-state index is 12.8. The van der Waals surface area contributed by atoms with Gasteiger partial charge in [0.2, 0.25) is 0 Å². The first-order valence-corrected chi connectivity index (χ1v) is 41.4. The van der Waals surface area contributed by atoms with Gasteiger partial charge in [0.15, 0.2) is 12.2 Å². The molecule has 0 amide bonds. The molecule has 4 unspecified atom stereocenters. The van der Waals surface area contributed by atoms with Crippen molar-refractivity contribution in [3.63, 3.8) is 0 Å². The number of ether oxygens (including phenoxy) is 4. The number of rotatable bonds is 61. The topological polar surface area (TPSA) is 246 Å². The summed E-state index contributed by atoms with van der Waals surface area (Å²) in [5.41, 5.74) is 3.88. The largest absolute Gasteiger partial charge is 1.00 e. The van der Waals surface area contributed by atoms with Crippen molar-refractivity contribution < 1.29 is 139 Å². The molecule has 0 fully saturated rings. The number of aliphatic hydroxyl groups excluding tert-OH is 1. The van der Waals surface area contributed by atoms with Gasteiger partial charge in [0.1, 0.15) is 19.3 Å². The van der Waals surface area contributed by atoms with E-state index in [-0.39, 0.29) is 97.2 Å². The quantitative estimate of drug-likeness (QED) is 0.0181. The Morgan fingerprint density at radius 2 is 0.790 bits per heavy atom. The molecular formula is C75H127Cl2NNa2O17P2S. The maximum Gasteiger partial charge on any atom is 1.00 e. The molecule has 0 radical (unpaired) electrons. The molecule has 1 aliphatic heterocycles. The average molecular weight is 1530 g/mol. The number of halogens is 2. The standard InChI is InChI=1S/C57H110O17P2.C18H18ClNS.ClH.2Na/c1-5-9-13-17-21-25-29-33-37-41-54(59)67-47-52(73-56(61)43-39-35-31-27-23-19-15-11-7-3)49-71-75(63,64)69-45-51(58)46-70-76(65,66)72-50-53(74-57(62)44-40-36-32-28-24-20-16-12-8-4)48-68-55(60)42-38-34-30-26-22-18-14-10-6-2;1-20(2)11-5-7-14-15-6-3-4-8-17(15)21-18-10-9-13(19)12-16(14)18;;;/h51-53,58H,5-50H2,1-4H3,(H,63,64)(H,65,66);3-4,6-10,12H,5,11H2,1-2H3;1H;;/q;;;2*+1/p-2. The third kappa shape index (κ3) is 55.5. The second kappa shape index (κ2) is 66.3. The fraction of sp³-hybridized carbons (Fsp3) is 0.760. The Kier molecular flexibility index (Phi) is 67.1. The van der Waals surface area contributed by atoms with Crippen LogP contribution >= 0.6 is 51.4 Å². The smallest absolute Gasteiger partial charge is 0.756 e. The second-order valence-corrected chi connectivity index (χ2v) is 30.4. The van der Waals surface area contributed by atoms with Gasteiger partial charge in [-0.15, -0.1) is 12.4 Å². The monoisotopic (exact) mass is 1520 g/mol. The van der Waals surface area contributed by atoms with Crippen molar-refractivity contribution in [3.05, 3.63) is 64.7 Å². The van der Waals surface area contributed by atoms with Crippen LogP contribution in [0.25, 0.3) is 5.57 Å². The molecular weight excluding hydrogens is 1400 g/mol. The fourth-order valence-corrected chi connectivity index (χ4v) is 13.7. The van der Waals surface area contributed by atoms with E-state index in [0.717, 1.165) is 121 Å². The van der Waals surface area contributed by atoms with Crippen LogP contribution in [0, 0.1) is 0 Å². The van der Waals surface area contributed by atoms with Crippen LogP contribution in [-0.4, -0.2) is 112 Å². The number of fused-ring (bicyclic) bond motifs is 2. The molecule has 3 rings (SSSR count). The van der Waals surface area contributed by atoms with E-state index in [9.17, 15) is 43.2 Å². The third-order valence-corrected chi connectivity index (χ3v) is 19.9. The molecule has 18 nitrogen and oxygen atoms in total. The SMILES string of the molecule is CCCCCCCCCCCC(=O)OCC(COP(=O)([O-])OCC(O)COP(=O)([O-])OCC(COC(=O)CCCCCCCCCCC)OC(=O)CCCCCCCCCCC)OC(=O)CCCCCCCCCCC.CN(C)CCC=C1c2ccccc2Sc2ccc(Cl)cc21.Cl.[Na+].[Na+]. The summed E-state index contributed by atoms with van der Waals surface area (Å²) >= 11 is 8.03. The van der Waals surface area contributed by atoms with E-state index in [1.54, 1.807) is 0 Å². The molecule has 0 saturated carbocycles. The van der Waals surface area contributed by atoms with Crippen LogP contribution in [0.1, 0.15) is 302 Å². The van der Waals surface area contributed by atoms with E-state index < -0.39 is 97.5 Å². The van der Waals surface area contributed by atoms with E-state index in [1.165, 1.54) is 129 Å². The van der Waals surface area contributed by atoms with Crippen LogP contribution in [0.15, 0.2) is 58.3 Å². The molecule has 0 saturated heterocycles. The van der Waals surface area contributed by atoms with Crippen molar-refractivity contribution in [2.45, 2.75) is 319 Å². The Balaban J connectivity index is 0. The molecule has 1 aliphatic rings. The minimum atomic E-state index is -5.20. The third-order valence-electron chi connectivity index (χ3n) is 16.6. The van der Waals surface area contributed by atoms with Crippen molar-refractivity contribution in [1.82, 2.24) is 4.90 Å². The molecule has 2 aromatic rings. The van der Waals surface area contributed by atoms with E-state index in [1.807, 2.05) is 17.8 Å². The average Bonchev–Trinajstić information content (AvgIpc) is 0.776. The van der Waals surface area contributed by atoms with Crippen molar-refractivity contribution in [3.8, 4) is 0 Å². The second-order valence-electron chi connectivity index (χ2n) is 26.1. The number of hydrogen-bond donors (Lipinski definition) is 1. The summed E-state index contributed by atoms with van der Waals surface area (Å²) in [6.07, 6.45) is 37.6. The summed E-state index contributed by atoms with van der Waals surface area (Å²) < 4.78 is 66.7. The fourth-order valence-electron chi connectivity index (χ4n) is 10.9. The number of carbonyl (C=O) groups is 4. The summed E-state index contributed by atoms with van der Waals surface area (Å²) in [4.78, 5) is 81.0. The Morgan fingerprint density at radius 3 is 1.15 bits per heavy atom. The van der Waals surface area contributed by atoms with Gasteiger partial charge in [0.05, 0.1) is 26.4 Å². The first kappa shape index (κ1) is 101. The molecule has 100 heavy (non-hydrogen) atoms. The van der Waals surface area contributed by atoms with Crippen molar-refractivity contribution >= 4 is 80.9 Å². The number of aliphatic hydroxyl groups is 1. The molecule has 2 aromatic carbocycles. The summed E-state index contributed by atoms with van der Waals surface area (Å²) in [6, 6.07) is 14.8. The molecule has 0 spiro atoms. The Labute approximate surface area is 663 Å². The van der Waals surface area contributed by atoms with Gasteiger partial charge in [0.25, 0.3) is 15.6 Å². The number of hydrogen-bond acceptors (Lipinski definition) is 19. The summed E-state index contributed by atoms with van der Waals surface area (Å²) in [6.45, 7) is 5.41. The summed E-state index contributed by atoms with van der Waals surface area (Å²) in [5.74, 6) is -2.24. The van der Waals surface area contributed by atoms with Gasteiger partial charge in [-0.2, -0.15) is 0 Å². The Morgan fingerprint density at radius 1 is 0.470 bits per heavy atom. The zero-order valence-electron chi connectivity index (χ0n) is 62.8. The molecule has 4 atom stereocenters. The van der Waals surface area contributed by atoms with Crippen LogP contribution in [0.4, 0.5) is 0 Å². The van der Waals surface area contributed by atoms with Gasteiger partial charge in [-0.1, -0.05) is 281 Å². The van der Waals surface area contributed by atoms with Crippen molar-refractivity contribution in [2.75, 3.05) is 60.3 Å². The van der Waals surface area contributed by atoms with E-state index in [4.69, 9.17) is 48.6 Å². The van der Waals surface area contributed by atoms with E-state index in [2.05, 4.69) is 89.2 Å². The first-order chi connectivity index (χ1) is 46.8. The summed E-state index contributed by atoms with van der Waals surface area (Å²) in [5, 5.41) is 11.2. The molecule has 25 heteroatoms. The number of esters is 4. The number of unbranched alkanes of at least 4 members (excludes halogenated alkanes) is 32. The van der Waals surface area contributed by atoms with Gasteiger partial charge < -0.3 is 56.8 Å². The van der Waals surface area contributed by atoms with Crippen LogP contribution in [0.3, 0.4) is 0 Å². The minimum Gasteiger partial charge on any atom is -0.756 e. The molecule has 1 heterocycles. The number of carbonyl (C=O) groups excluding carboxylic acids is 4. The van der Waals surface area contributed by atoms with E-state index >= 15 is 0 Å². The number of phosphoric ester groups is 2. The van der Waals surface area contributed by atoms with Crippen LogP contribution in [0.5, 0.6) is 0 Å². The maximum atomic E-state index is 12.8. The Bertz CT molecular complexity index is 2420. The number of nitrogens with zero attached hydrogens (tertiary/aromatic N) is 1. The molecule has 1 N–H and O–H groups in total. The predicted molar refractivity (Wildman–Crippen MR) is 394 cm³/mol. The van der Waals surface area contributed by atoms with Gasteiger partial charge in [-0.3, -0.25) is 28.3 Å². The van der Waals surface area contributed by atoms with Crippen LogP contribution in [0.2, 0.25) is 5.02 Å². The molecule has 566 valence electrons. The normalized spacial score (nSPS) is 14.1. The number of benzene rings is 2. The van der Waals surface area contributed by atoms with Gasteiger partial charge in [-0.05, 0) is 87.2 Å². The van der Waals surface area contributed by atoms with Crippen LogP contribution < -0.4 is 68.9 Å². The number of phosphoric acid groups is 2. The van der Waals surface area contributed by atoms with Crippen molar-refractivity contribution in [2.24, 2.45) is 0 Å². The predicted octanol–water partition coefficient (Wildman–Crippen LogP) is 13.6. The van der Waals surface area contributed by atoms with Gasteiger partial charge in [0, 0.05) is 47.0 Å². The van der Waals surface area contributed by atoms with E-state index in [0.29, 0.717) is 25.7 Å². The zero-order valence-corrected chi connectivity index (χ0v) is 71.0. The molecule has 0 aromatic heterocycles. The van der Waals surface area contributed by atoms with Gasteiger partial charge >= 0.3 is 83.0 Å². The summed E-state index contributed by atoms with van der Waals surface area (Å²) in [7, 11) is -6.18. The zero-order chi connectivity index (χ0) is 71.0. The first-order valence-electron chi connectivity index (χ1n) is 37.3. The van der Waals surface area contributed by atoms with Crippen molar-refractivity contribution in [1.29, 1.82) is 0 Å². The van der Waals surface area contributed by atoms with Gasteiger partial charge in [-0.25, -0.2) is 0 Å². The molecule has 0 bridgehead atoms. The molecule has 0 aliphatic carbocycles. The Hall–Kier alpha value is -0.870. The van der Waals surface area contributed by atoms with Crippen LogP contribution in [-0.2, 0) is 65.4 Å².